The van der Waals surface area contributed by atoms with E-state index in [-0.39, 0.29) is 18.9 Å². The third kappa shape index (κ3) is 6.20. The summed E-state index contributed by atoms with van der Waals surface area (Å²) >= 11 is 0. The minimum Gasteiger partial charge on any atom is -0.481 e. The number of hydrogen-bond donors (Lipinski definition) is 4. The van der Waals surface area contributed by atoms with Crippen LogP contribution in [0.5, 0.6) is 0 Å². The first-order chi connectivity index (χ1) is 12.1. The van der Waals surface area contributed by atoms with Gasteiger partial charge in [0, 0.05) is 32.4 Å². The minimum absolute atomic E-state index is 0.101. The summed E-state index contributed by atoms with van der Waals surface area (Å²) in [7, 11) is 0.852. The summed E-state index contributed by atoms with van der Waals surface area (Å²) in [5, 5.41) is 21.5. The fraction of sp³-hybridized carbons (Fsp3) is 0.111. The van der Waals surface area contributed by atoms with Crippen molar-refractivity contribution < 1.29 is 14.7 Å². The van der Waals surface area contributed by atoms with Crippen molar-refractivity contribution in [3.63, 3.8) is 0 Å². The Balaban J connectivity index is 1.93. The molecule has 0 aliphatic carbocycles. The van der Waals surface area contributed by atoms with E-state index in [0.29, 0.717) is 5.56 Å². The predicted molar refractivity (Wildman–Crippen MR) is 101 cm³/mol. The topological polar surface area (TPSA) is 102 Å². The highest BCUT2D eigenvalue weighted by Gasteiger charge is 2.06. The molecule has 25 heavy (non-hydrogen) atoms. The Hall–Kier alpha value is -2.98. The SMILES string of the molecule is N=Cc1ccc(C=PNc2cccc(C(=O)NCCC(=O)O)c2)cc1. The van der Waals surface area contributed by atoms with Crippen molar-refractivity contribution in [2.75, 3.05) is 11.6 Å². The fourth-order valence-corrected chi connectivity index (χ4v) is 2.65. The van der Waals surface area contributed by atoms with Crippen LogP contribution in [-0.2, 0) is 4.79 Å². The molecule has 0 radical (unpaired) electrons. The quantitative estimate of drug-likeness (QED) is 0.432. The first-order valence-electron chi connectivity index (χ1n) is 7.58. The second kappa shape index (κ2) is 9.35. The number of carbonyl (C=O) groups excluding carboxylic acids is 1. The van der Waals surface area contributed by atoms with Gasteiger partial charge in [-0.25, -0.2) is 0 Å². The maximum atomic E-state index is 12.0. The number of rotatable bonds is 8. The molecule has 2 rings (SSSR count). The fourth-order valence-electron chi connectivity index (χ4n) is 1.97. The number of aliphatic carboxylic acids is 1. The van der Waals surface area contributed by atoms with Crippen molar-refractivity contribution in [1.29, 1.82) is 5.41 Å². The Morgan fingerprint density at radius 2 is 1.84 bits per heavy atom. The molecule has 4 N–H and O–H groups in total. The van der Waals surface area contributed by atoms with Crippen LogP contribution in [0.2, 0.25) is 0 Å². The number of carboxylic acid groups (broad SMARTS) is 1. The van der Waals surface area contributed by atoms with Crippen LogP contribution in [0.1, 0.15) is 27.9 Å². The summed E-state index contributed by atoms with van der Waals surface area (Å²) in [6.45, 7) is 0.101. The minimum atomic E-state index is -0.946. The number of benzene rings is 2. The number of hydrogen-bond acceptors (Lipinski definition) is 4. The zero-order valence-electron chi connectivity index (χ0n) is 13.4. The lowest BCUT2D eigenvalue weighted by Crippen LogP contribution is -2.25. The molecule has 0 saturated carbocycles. The van der Waals surface area contributed by atoms with Crippen molar-refractivity contribution in [1.82, 2.24) is 5.32 Å². The summed E-state index contributed by atoms with van der Waals surface area (Å²) in [4.78, 5) is 22.4. The zero-order valence-corrected chi connectivity index (χ0v) is 14.3. The van der Waals surface area contributed by atoms with Gasteiger partial charge in [0.05, 0.1) is 6.42 Å². The predicted octanol–water partition coefficient (Wildman–Crippen LogP) is 3.01. The van der Waals surface area contributed by atoms with E-state index in [9.17, 15) is 9.59 Å². The molecule has 0 aliphatic rings. The standard InChI is InChI=1S/C18H18N3O3P/c19-11-13-4-6-14(7-5-13)12-25-21-16-3-1-2-15(10-16)18(24)20-9-8-17(22)23/h1-7,10-12,19,21H,8-9H2,(H,20,24)(H,22,23). The normalized spacial score (nSPS) is 10.4. The Labute approximate surface area is 147 Å². The number of amides is 1. The third-order valence-corrected chi connectivity index (χ3v) is 4.07. The van der Waals surface area contributed by atoms with E-state index >= 15 is 0 Å². The van der Waals surface area contributed by atoms with Crippen LogP contribution in [0.25, 0.3) is 0 Å². The summed E-state index contributed by atoms with van der Waals surface area (Å²) < 4.78 is 0. The lowest BCUT2D eigenvalue weighted by atomic mass is 10.2. The van der Waals surface area contributed by atoms with E-state index in [1.165, 1.54) is 6.21 Å². The highest BCUT2D eigenvalue weighted by Crippen LogP contribution is 2.15. The van der Waals surface area contributed by atoms with Gasteiger partial charge in [0.1, 0.15) is 0 Å². The van der Waals surface area contributed by atoms with Crippen molar-refractivity contribution in [3.8, 4) is 0 Å². The lowest BCUT2D eigenvalue weighted by Gasteiger charge is -2.06. The molecule has 0 heterocycles. The van der Waals surface area contributed by atoms with Crippen LogP contribution in [0, 0.1) is 5.41 Å². The molecule has 0 bridgehead atoms. The molecule has 0 atom stereocenters. The van der Waals surface area contributed by atoms with Gasteiger partial charge in [-0.2, -0.15) is 0 Å². The van der Waals surface area contributed by atoms with Crippen LogP contribution in [0.4, 0.5) is 5.69 Å². The van der Waals surface area contributed by atoms with E-state index in [4.69, 9.17) is 10.5 Å². The van der Waals surface area contributed by atoms with Gasteiger partial charge in [-0.15, -0.1) is 0 Å². The van der Waals surface area contributed by atoms with Gasteiger partial charge >= 0.3 is 5.97 Å². The second-order valence-corrected chi connectivity index (χ2v) is 5.90. The molecule has 6 nitrogen and oxygen atoms in total. The van der Waals surface area contributed by atoms with Gasteiger partial charge in [0.15, 0.2) is 0 Å². The van der Waals surface area contributed by atoms with Crippen LogP contribution in [0.15, 0.2) is 48.5 Å². The number of anilines is 1. The van der Waals surface area contributed by atoms with Gasteiger partial charge in [0.2, 0.25) is 0 Å². The van der Waals surface area contributed by atoms with Gasteiger partial charge in [-0.3, -0.25) is 9.59 Å². The van der Waals surface area contributed by atoms with Crippen molar-refractivity contribution in [2.24, 2.45) is 0 Å². The van der Waals surface area contributed by atoms with Crippen LogP contribution in [0.3, 0.4) is 0 Å². The van der Waals surface area contributed by atoms with E-state index in [0.717, 1.165) is 25.2 Å². The highest BCUT2D eigenvalue weighted by atomic mass is 31.1. The Morgan fingerprint density at radius 3 is 2.52 bits per heavy atom. The third-order valence-electron chi connectivity index (χ3n) is 3.26. The largest absolute Gasteiger partial charge is 0.481 e. The number of nitrogens with one attached hydrogen (secondary N) is 3. The Bertz CT molecular complexity index is 788. The molecule has 1 amide bonds. The van der Waals surface area contributed by atoms with E-state index in [1.807, 2.05) is 36.1 Å². The van der Waals surface area contributed by atoms with Crippen molar-refractivity contribution >= 4 is 37.9 Å². The van der Waals surface area contributed by atoms with E-state index in [2.05, 4.69) is 10.4 Å². The number of carbonyl (C=O) groups is 2. The molecule has 7 heteroatoms. The molecule has 0 saturated heterocycles. The van der Waals surface area contributed by atoms with Gasteiger partial charge < -0.3 is 20.9 Å². The number of carboxylic acids is 1. The van der Waals surface area contributed by atoms with Gasteiger partial charge in [0.25, 0.3) is 5.91 Å². The molecule has 0 unspecified atom stereocenters. The average Bonchev–Trinajstić information content (AvgIpc) is 2.62. The van der Waals surface area contributed by atoms with Crippen molar-refractivity contribution in [3.05, 3.63) is 65.2 Å². The van der Waals surface area contributed by atoms with Gasteiger partial charge in [-0.05, 0) is 35.1 Å². The molecule has 0 fully saturated rings. The summed E-state index contributed by atoms with van der Waals surface area (Å²) in [5.74, 6) is 0.735. The monoisotopic (exact) mass is 355 g/mol. The molecule has 2 aromatic rings. The molecule has 0 aromatic heterocycles. The lowest BCUT2D eigenvalue weighted by molar-refractivity contribution is -0.136. The van der Waals surface area contributed by atoms with Crippen LogP contribution in [-0.4, -0.2) is 35.5 Å². The Kier molecular flexibility index (Phi) is 6.87. The first kappa shape index (κ1) is 18.4. The molecule has 2 aromatic carbocycles. The molecular formula is C18H18N3O3P. The maximum Gasteiger partial charge on any atom is 0.305 e. The maximum absolute atomic E-state index is 12.0. The van der Waals surface area contributed by atoms with Crippen LogP contribution >= 0.6 is 8.35 Å². The zero-order chi connectivity index (χ0) is 18.1. The summed E-state index contributed by atoms with van der Waals surface area (Å²) in [6, 6.07) is 14.6. The first-order valence-corrected chi connectivity index (χ1v) is 8.54. The highest BCUT2D eigenvalue weighted by molar-refractivity contribution is 7.40. The van der Waals surface area contributed by atoms with Crippen LogP contribution < -0.4 is 10.4 Å². The van der Waals surface area contributed by atoms with E-state index in [1.54, 1.807) is 18.2 Å². The van der Waals surface area contributed by atoms with Gasteiger partial charge in [-0.1, -0.05) is 30.3 Å². The molecule has 0 aliphatic heterocycles. The average molecular weight is 355 g/mol. The Morgan fingerprint density at radius 1 is 1.12 bits per heavy atom. The summed E-state index contributed by atoms with van der Waals surface area (Å²) in [6.07, 6.45) is 1.20. The van der Waals surface area contributed by atoms with Crippen molar-refractivity contribution in [2.45, 2.75) is 6.42 Å². The second-order valence-electron chi connectivity index (χ2n) is 5.16. The summed E-state index contributed by atoms with van der Waals surface area (Å²) in [5.41, 5.74) is 3.14. The molecular weight excluding hydrogens is 337 g/mol. The smallest absolute Gasteiger partial charge is 0.305 e. The van der Waals surface area contributed by atoms with E-state index < -0.39 is 5.97 Å². The molecule has 0 spiro atoms. The molecule has 128 valence electrons.